The predicted octanol–water partition coefficient (Wildman–Crippen LogP) is 2.53. The maximum atomic E-state index is 5.67. The van der Waals surface area contributed by atoms with E-state index in [1.165, 1.54) is 0 Å². The highest BCUT2D eigenvalue weighted by atomic mass is 79.9. The zero-order chi connectivity index (χ0) is 9.41. The Morgan fingerprint density at radius 1 is 1.08 bits per heavy atom. The van der Waals surface area contributed by atoms with E-state index in [4.69, 9.17) is 9.31 Å². The number of halogens is 1. The molecule has 2 nitrogen and oxygen atoms in total. The van der Waals surface area contributed by atoms with Crippen molar-refractivity contribution in [2.75, 3.05) is 0 Å². The molecule has 4 heteroatoms. The van der Waals surface area contributed by atoms with Crippen LogP contribution >= 0.6 is 15.9 Å². The van der Waals surface area contributed by atoms with Crippen LogP contribution in [0.2, 0.25) is 0 Å². The molecular weight excluding hydrogens is 219 g/mol. The van der Waals surface area contributed by atoms with Gasteiger partial charge in [-0.3, -0.25) is 0 Å². The fraction of sp³-hybridized carbons (Fsp3) is 0.750. The van der Waals surface area contributed by atoms with Crippen LogP contribution in [0.3, 0.4) is 0 Å². The molecule has 0 amide bonds. The van der Waals surface area contributed by atoms with Gasteiger partial charge in [-0.05, 0) is 38.7 Å². The molecule has 1 heterocycles. The van der Waals surface area contributed by atoms with Crippen LogP contribution in [-0.2, 0) is 9.31 Å². The lowest BCUT2D eigenvalue weighted by molar-refractivity contribution is 0.00578. The van der Waals surface area contributed by atoms with Gasteiger partial charge in [-0.1, -0.05) is 15.9 Å². The molecular formula is C8H14BBrO2. The summed E-state index contributed by atoms with van der Waals surface area (Å²) in [6.45, 7) is 8.15. The molecule has 0 radical (unpaired) electrons. The summed E-state index contributed by atoms with van der Waals surface area (Å²) in [5.41, 5.74) is -0.464. The maximum absolute atomic E-state index is 5.67. The molecule has 0 N–H and O–H groups in total. The Balaban J connectivity index is 2.74. The number of hydrogen-bond acceptors (Lipinski definition) is 2. The summed E-state index contributed by atoms with van der Waals surface area (Å²) in [6.07, 6.45) is 0. The van der Waals surface area contributed by atoms with Crippen molar-refractivity contribution >= 4 is 23.0 Å². The number of rotatable bonds is 1. The van der Waals surface area contributed by atoms with E-state index < -0.39 is 0 Å². The van der Waals surface area contributed by atoms with Crippen molar-refractivity contribution in [3.63, 3.8) is 0 Å². The second-order valence-corrected chi connectivity index (χ2v) is 4.47. The van der Waals surface area contributed by atoms with Crippen molar-refractivity contribution in [3.05, 3.63) is 11.0 Å². The third-order valence-corrected chi connectivity index (χ3v) is 2.81. The molecule has 0 spiro atoms. The topological polar surface area (TPSA) is 18.5 Å². The van der Waals surface area contributed by atoms with Crippen LogP contribution in [0.4, 0.5) is 0 Å². The van der Waals surface area contributed by atoms with Gasteiger partial charge in [0.2, 0.25) is 0 Å². The molecule has 0 aromatic rings. The van der Waals surface area contributed by atoms with Gasteiger partial charge in [0, 0.05) is 0 Å². The summed E-state index contributed by atoms with van der Waals surface area (Å²) in [4.78, 5) is 1.76. The first-order chi connectivity index (χ1) is 5.39. The Morgan fingerprint density at radius 2 is 1.50 bits per heavy atom. The van der Waals surface area contributed by atoms with Crippen LogP contribution in [0.15, 0.2) is 11.0 Å². The Hall–Kier alpha value is 0.205. The van der Waals surface area contributed by atoms with E-state index in [2.05, 4.69) is 15.9 Å². The summed E-state index contributed by atoms with van der Waals surface area (Å²) in [5, 5.41) is 0. The van der Waals surface area contributed by atoms with Crippen molar-refractivity contribution in [2.45, 2.75) is 38.9 Å². The van der Waals surface area contributed by atoms with Crippen LogP contribution in [0.1, 0.15) is 27.7 Å². The van der Waals surface area contributed by atoms with Gasteiger partial charge >= 0.3 is 7.12 Å². The van der Waals surface area contributed by atoms with Gasteiger partial charge in [-0.25, -0.2) is 0 Å². The van der Waals surface area contributed by atoms with E-state index in [0.717, 1.165) is 0 Å². The monoisotopic (exact) mass is 232 g/mol. The van der Waals surface area contributed by atoms with Gasteiger partial charge in [0.1, 0.15) is 0 Å². The molecule has 1 fully saturated rings. The highest BCUT2D eigenvalue weighted by molar-refractivity contribution is 9.11. The SMILES string of the molecule is CC1(C)OB(/C=C/Br)OC1(C)C. The third-order valence-electron chi connectivity index (χ3n) is 2.50. The molecule has 0 saturated carbocycles. The summed E-state index contributed by atoms with van der Waals surface area (Å²) < 4.78 is 11.3. The molecule has 0 unspecified atom stereocenters. The van der Waals surface area contributed by atoms with Gasteiger partial charge < -0.3 is 9.31 Å². The lowest BCUT2D eigenvalue weighted by Gasteiger charge is -2.32. The molecule has 0 aliphatic carbocycles. The maximum Gasteiger partial charge on any atom is 0.487 e. The quantitative estimate of drug-likeness (QED) is 0.647. The molecule has 68 valence electrons. The minimum atomic E-state index is -0.232. The third kappa shape index (κ3) is 1.75. The first kappa shape index (κ1) is 10.3. The summed E-state index contributed by atoms with van der Waals surface area (Å²) in [7, 11) is -0.227. The zero-order valence-corrected chi connectivity index (χ0v) is 9.51. The van der Waals surface area contributed by atoms with Crippen molar-refractivity contribution in [3.8, 4) is 0 Å². The minimum Gasteiger partial charge on any atom is -0.400 e. The summed E-state index contributed by atoms with van der Waals surface area (Å²) in [6, 6.07) is 0. The Labute approximate surface area is 82.6 Å². The van der Waals surface area contributed by atoms with Crippen LogP contribution in [0.5, 0.6) is 0 Å². The van der Waals surface area contributed by atoms with Crippen LogP contribution < -0.4 is 0 Å². The fourth-order valence-electron chi connectivity index (χ4n) is 1.03. The van der Waals surface area contributed by atoms with Gasteiger partial charge in [-0.15, -0.1) is 0 Å². The second kappa shape index (κ2) is 3.16. The molecule has 1 aliphatic rings. The summed E-state index contributed by atoms with van der Waals surface area (Å²) in [5.74, 6) is 1.84. The predicted molar refractivity (Wildman–Crippen MR) is 54.1 cm³/mol. The molecule has 0 aromatic heterocycles. The van der Waals surface area contributed by atoms with E-state index in [1.54, 1.807) is 4.99 Å². The molecule has 0 atom stereocenters. The van der Waals surface area contributed by atoms with Crippen molar-refractivity contribution in [2.24, 2.45) is 0 Å². The van der Waals surface area contributed by atoms with Crippen molar-refractivity contribution in [1.29, 1.82) is 0 Å². The lowest BCUT2D eigenvalue weighted by atomic mass is 9.90. The number of hydrogen-bond donors (Lipinski definition) is 0. The van der Waals surface area contributed by atoms with Crippen LogP contribution in [0, 0.1) is 0 Å². The Kier molecular flexibility index (Phi) is 2.71. The van der Waals surface area contributed by atoms with Crippen molar-refractivity contribution < 1.29 is 9.31 Å². The van der Waals surface area contributed by atoms with Crippen molar-refractivity contribution in [1.82, 2.24) is 0 Å². The minimum absolute atomic E-state index is 0.227. The smallest absolute Gasteiger partial charge is 0.400 e. The first-order valence-corrected chi connectivity index (χ1v) is 4.93. The highest BCUT2D eigenvalue weighted by Gasteiger charge is 2.49. The van der Waals surface area contributed by atoms with E-state index in [9.17, 15) is 0 Å². The Bertz CT molecular complexity index is 185. The van der Waals surface area contributed by atoms with Gasteiger partial charge in [0.15, 0.2) is 0 Å². The summed E-state index contributed by atoms with van der Waals surface area (Å²) >= 11 is 3.19. The van der Waals surface area contributed by atoms with Crippen LogP contribution in [0.25, 0.3) is 0 Å². The Morgan fingerprint density at radius 3 is 1.83 bits per heavy atom. The largest absolute Gasteiger partial charge is 0.487 e. The second-order valence-electron chi connectivity index (χ2n) is 3.94. The molecule has 0 bridgehead atoms. The average Bonchev–Trinajstić information content (AvgIpc) is 2.02. The van der Waals surface area contributed by atoms with Gasteiger partial charge in [-0.2, -0.15) is 0 Å². The molecule has 0 aromatic carbocycles. The highest BCUT2D eigenvalue weighted by Crippen LogP contribution is 2.36. The van der Waals surface area contributed by atoms with Gasteiger partial charge in [0.05, 0.1) is 11.2 Å². The molecule has 1 aliphatic heterocycles. The molecule has 1 saturated heterocycles. The van der Waals surface area contributed by atoms with Crippen LogP contribution in [-0.4, -0.2) is 18.3 Å². The van der Waals surface area contributed by atoms with E-state index >= 15 is 0 Å². The van der Waals surface area contributed by atoms with E-state index in [0.29, 0.717) is 0 Å². The average molecular weight is 233 g/mol. The first-order valence-electron chi connectivity index (χ1n) is 4.01. The molecule has 1 rings (SSSR count). The standard InChI is InChI=1S/C8H14BBrO2/c1-7(2)8(3,4)12-9(11-7)5-6-10/h5-6H,1-4H3/b6-5+. The molecule has 12 heavy (non-hydrogen) atoms. The van der Waals surface area contributed by atoms with Gasteiger partial charge in [0.25, 0.3) is 0 Å². The fourth-order valence-corrected chi connectivity index (χ4v) is 1.28. The normalized spacial score (nSPS) is 26.9. The zero-order valence-electron chi connectivity index (χ0n) is 7.93. The van der Waals surface area contributed by atoms with E-state index in [-0.39, 0.29) is 18.3 Å². The van der Waals surface area contributed by atoms with E-state index in [1.807, 2.05) is 33.7 Å². The lowest BCUT2D eigenvalue weighted by Crippen LogP contribution is -2.41.